The fraction of sp³-hybridized carbons (Fsp3) is 0.167. The van der Waals surface area contributed by atoms with E-state index >= 15 is 0 Å². The van der Waals surface area contributed by atoms with E-state index in [1.807, 2.05) is 0 Å². The Morgan fingerprint density at radius 1 is 0.355 bits per heavy atom. The van der Waals surface area contributed by atoms with Gasteiger partial charge in [-0.25, -0.2) is 0 Å². The Morgan fingerprint density at radius 3 is 0.984 bits per heavy atom. The van der Waals surface area contributed by atoms with Gasteiger partial charge < -0.3 is 0 Å². The van der Waals surface area contributed by atoms with Gasteiger partial charge in [0.1, 0.15) is 0 Å². The molecule has 0 heterocycles. The molecule has 0 saturated heterocycles. The molecular weight excluding hydrogens is 927 g/mol. The summed E-state index contributed by atoms with van der Waals surface area (Å²) in [5.74, 6) is 1.33. The number of hydrogen-bond acceptors (Lipinski definition) is 0. The molecular formula is C60H56HfSi-2. The zero-order valence-corrected chi connectivity index (χ0v) is 41.6. The van der Waals surface area contributed by atoms with Gasteiger partial charge in [0.15, 0.2) is 0 Å². The van der Waals surface area contributed by atoms with Gasteiger partial charge in [-0.2, -0.15) is 12.1 Å². The van der Waals surface area contributed by atoms with Crippen molar-refractivity contribution in [3.05, 3.63) is 205 Å². The fourth-order valence-electron chi connectivity index (χ4n) is 9.07. The van der Waals surface area contributed by atoms with E-state index in [2.05, 4.69) is 235 Å². The maximum absolute atomic E-state index is 2.39. The van der Waals surface area contributed by atoms with Crippen LogP contribution in [-0.2, 0) is 38.7 Å². The third-order valence-electron chi connectivity index (χ3n) is 11.5. The SMILES string of the molecule is CC(C)Cc1cc2c(-c3ccccc3-c3cccc4ccccc34)cccc2[cH-]1.CC(C)Cc1cc2c(-c3ccccc3-c3cccc4ccccc34)cccc2[cH-]1.C[Si]C.[Hf]. The predicted octanol–water partition coefficient (Wildman–Crippen LogP) is 17.3. The Morgan fingerprint density at radius 2 is 0.629 bits per heavy atom. The molecule has 0 aromatic heterocycles. The molecule has 0 atom stereocenters. The van der Waals surface area contributed by atoms with E-state index in [9.17, 15) is 0 Å². The first-order valence-electron chi connectivity index (χ1n) is 21.9. The molecule has 0 amide bonds. The van der Waals surface area contributed by atoms with Crippen LogP contribution in [0.5, 0.6) is 0 Å². The van der Waals surface area contributed by atoms with Gasteiger partial charge in [0.25, 0.3) is 0 Å². The monoisotopic (exact) mass is 984 g/mol. The van der Waals surface area contributed by atoms with E-state index in [1.54, 1.807) is 0 Å². The summed E-state index contributed by atoms with van der Waals surface area (Å²) < 4.78 is 0. The molecule has 0 spiro atoms. The van der Waals surface area contributed by atoms with E-state index in [0.717, 1.165) is 22.4 Å². The first-order valence-corrected chi connectivity index (χ1v) is 23.9. The number of hydrogen-bond donors (Lipinski definition) is 0. The molecule has 0 aliphatic rings. The Hall–Kier alpha value is -5.41. The topological polar surface area (TPSA) is 0 Å². The van der Waals surface area contributed by atoms with Crippen LogP contribution in [0.25, 0.3) is 87.6 Å². The molecule has 0 fully saturated rings. The molecule has 0 aliphatic heterocycles. The first kappa shape index (κ1) is 44.6. The average Bonchev–Trinajstić information content (AvgIpc) is 3.89. The van der Waals surface area contributed by atoms with Crippen LogP contribution in [0.4, 0.5) is 0 Å². The third-order valence-corrected chi connectivity index (χ3v) is 11.5. The zero-order valence-electron chi connectivity index (χ0n) is 37.0. The largest absolute Gasteiger partial charge is 0.164 e. The molecule has 2 radical (unpaired) electrons. The van der Waals surface area contributed by atoms with Gasteiger partial charge in [0.2, 0.25) is 0 Å². The summed E-state index contributed by atoms with van der Waals surface area (Å²) in [6.07, 6.45) is 2.25. The van der Waals surface area contributed by atoms with E-state index in [-0.39, 0.29) is 25.8 Å². The summed E-state index contributed by atoms with van der Waals surface area (Å²) in [5, 5.41) is 10.6. The van der Waals surface area contributed by atoms with Crippen molar-refractivity contribution in [2.24, 2.45) is 11.8 Å². The normalized spacial score (nSPS) is 11.1. The minimum Gasteiger partial charge on any atom is -0.164 e. The van der Waals surface area contributed by atoms with E-state index in [4.69, 9.17) is 0 Å². The molecule has 0 unspecified atom stereocenters. The number of benzene rings is 8. The Bertz CT molecular complexity index is 2830. The molecule has 0 N–H and O–H groups in total. The van der Waals surface area contributed by atoms with Crippen molar-refractivity contribution in [3.8, 4) is 44.5 Å². The molecule has 10 rings (SSSR count). The summed E-state index contributed by atoms with van der Waals surface area (Å²) in [6, 6.07) is 71.1. The van der Waals surface area contributed by atoms with Crippen LogP contribution in [0.15, 0.2) is 194 Å². The Labute approximate surface area is 391 Å². The van der Waals surface area contributed by atoms with Crippen molar-refractivity contribution in [1.29, 1.82) is 0 Å². The minimum atomic E-state index is 0. The van der Waals surface area contributed by atoms with Crippen molar-refractivity contribution in [1.82, 2.24) is 0 Å². The fourth-order valence-corrected chi connectivity index (χ4v) is 9.07. The van der Waals surface area contributed by atoms with Crippen molar-refractivity contribution >= 4 is 52.6 Å². The minimum absolute atomic E-state index is 0. The van der Waals surface area contributed by atoms with Gasteiger partial charge in [-0.1, -0.05) is 198 Å². The van der Waals surface area contributed by atoms with Gasteiger partial charge in [-0.3, -0.25) is 0 Å². The smallest absolute Gasteiger partial charge is 0.0307 e. The predicted molar refractivity (Wildman–Crippen MR) is 270 cm³/mol. The van der Waals surface area contributed by atoms with Crippen molar-refractivity contribution in [3.63, 3.8) is 0 Å². The van der Waals surface area contributed by atoms with E-state index in [0.29, 0.717) is 11.8 Å². The summed E-state index contributed by atoms with van der Waals surface area (Å²) in [6.45, 7) is 13.4. The van der Waals surface area contributed by atoms with Gasteiger partial charge in [0, 0.05) is 35.4 Å². The van der Waals surface area contributed by atoms with Crippen LogP contribution in [0, 0.1) is 11.8 Å². The van der Waals surface area contributed by atoms with Gasteiger partial charge in [0.05, 0.1) is 0 Å². The van der Waals surface area contributed by atoms with Crippen molar-refractivity contribution < 1.29 is 25.8 Å². The van der Waals surface area contributed by atoms with Crippen LogP contribution in [-0.4, -0.2) is 9.52 Å². The maximum atomic E-state index is 2.39. The quantitative estimate of drug-likeness (QED) is 0.105. The van der Waals surface area contributed by atoms with Gasteiger partial charge >= 0.3 is 0 Å². The summed E-state index contributed by atoms with van der Waals surface area (Å²) >= 11 is 0. The van der Waals surface area contributed by atoms with Crippen molar-refractivity contribution in [2.75, 3.05) is 0 Å². The molecule has 0 saturated carbocycles. The Kier molecular flexibility index (Phi) is 14.9. The summed E-state index contributed by atoms with van der Waals surface area (Å²) in [7, 11) is 1.08. The van der Waals surface area contributed by atoms with Crippen LogP contribution in [0.3, 0.4) is 0 Å². The van der Waals surface area contributed by atoms with Crippen LogP contribution in [0.2, 0.25) is 13.1 Å². The molecule has 0 bridgehead atoms. The number of rotatable bonds is 8. The van der Waals surface area contributed by atoms with E-state index < -0.39 is 0 Å². The van der Waals surface area contributed by atoms with Crippen molar-refractivity contribution in [2.45, 2.75) is 53.6 Å². The average molecular weight is 984 g/mol. The molecule has 0 aliphatic carbocycles. The molecule has 0 nitrogen and oxygen atoms in total. The maximum Gasteiger partial charge on any atom is 0.0307 e. The number of fused-ring (bicyclic) bond motifs is 4. The molecule has 306 valence electrons. The summed E-state index contributed by atoms with van der Waals surface area (Å²) in [5.41, 5.74) is 13.3. The van der Waals surface area contributed by atoms with Crippen LogP contribution >= 0.6 is 0 Å². The summed E-state index contributed by atoms with van der Waals surface area (Å²) in [4.78, 5) is 0. The second-order valence-electron chi connectivity index (χ2n) is 17.2. The van der Waals surface area contributed by atoms with Gasteiger partial charge in [-0.05, 0) is 79.6 Å². The molecule has 2 heteroatoms. The van der Waals surface area contributed by atoms with E-state index in [1.165, 1.54) is 98.7 Å². The standard InChI is InChI=1S/2C29H25.C2H6Si.Hf/c2*1-20(2)17-21-18-23-11-8-16-28(29(23)19-21)27-14-6-5-13-26(27)25-15-7-10-22-9-3-4-12-24(22)25;1-3-2;/h2*3-16,18-20H,17H2,1-2H3;1-2H3;/q2*-1;;. The van der Waals surface area contributed by atoms with Crippen LogP contribution in [0.1, 0.15) is 38.8 Å². The second kappa shape index (κ2) is 20.6. The molecule has 62 heavy (non-hydrogen) atoms. The van der Waals surface area contributed by atoms with Crippen LogP contribution < -0.4 is 0 Å². The van der Waals surface area contributed by atoms with Gasteiger partial charge in [-0.15, -0.1) is 69.1 Å². The Balaban J connectivity index is 0.000000173. The molecule has 10 aromatic rings. The molecule has 10 aromatic carbocycles. The third kappa shape index (κ3) is 9.78. The zero-order chi connectivity index (χ0) is 42.3. The second-order valence-corrected chi connectivity index (χ2v) is 18.2. The first-order chi connectivity index (χ1) is 29.8.